The van der Waals surface area contributed by atoms with Crippen LogP contribution in [0, 0.1) is 15.5 Å². The molecule has 0 saturated heterocycles. The molecule has 0 amide bonds. The molecule has 1 heterocycles. The first-order valence-corrected chi connectivity index (χ1v) is 5.33. The van der Waals surface area contributed by atoms with Crippen LogP contribution in [0.3, 0.4) is 0 Å². The molecule has 0 fully saturated rings. The molecule has 0 bridgehead atoms. The van der Waals surface area contributed by atoms with Crippen molar-refractivity contribution in [1.29, 1.82) is 0 Å². The van der Waals surface area contributed by atoms with Crippen LogP contribution < -0.4 is 5.73 Å². The third-order valence-electron chi connectivity index (χ3n) is 2.20. The Morgan fingerprint density at radius 2 is 2.11 bits per heavy atom. The zero-order valence-corrected chi connectivity index (χ0v) is 10.5. The van der Waals surface area contributed by atoms with Crippen molar-refractivity contribution in [1.82, 2.24) is 9.78 Å². The van der Waals surface area contributed by atoms with E-state index in [1.165, 1.54) is 0 Å². The molecule has 1 rings (SSSR count). The van der Waals surface area contributed by atoms with E-state index in [4.69, 9.17) is 10.8 Å². The van der Waals surface area contributed by atoms with Gasteiger partial charge < -0.3 is 10.8 Å². The maximum Gasteiger partial charge on any atom is 0.333 e. The van der Waals surface area contributed by atoms with Gasteiger partial charge in [-0.05, 0) is 5.41 Å². The van der Waals surface area contributed by atoms with Gasteiger partial charge in [0.05, 0.1) is 4.92 Å². The summed E-state index contributed by atoms with van der Waals surface area (Å²) >= 11 is 0. The molecule has 0 saturated carbocycles. The molecule has 3 N–H and O–H groups in total. The lowest BCUT2D eigenvalue weighted by Crippen LogP contribution is -2.14. The second kappa shape index (κ2) is 4.63. The average molecular weight is 256 g/mol. The molecular formula is C10H16N4O4. The van der Waals surface area contributed by atoms with E-state index in [9.17, 15) is 14.9 Å². The minimum atomic E-state index is -1.15. The van der Waals surface area contributed by atoms with Gasteiger partial charge in [-0.3, -0.25) is 14.9 Å². The minimum absolute atomic E-state index is 0.209. The fraction of sp³-hybridized carbons (Fsp3) is 0.600. The van der Waals surface area contributed by atoms with Gasteiger partial charge in [0.25, 0.3) is 0 Å². The Balaban J connectivity index is 3.24. The second-order valence-electron chi connectivity index (χ2n) is 5.23. The first kappa shape index (κ1) is 13.9. The van der Waals surface area contributed by atoms with Gasteiger partial charge in [-0.1, -0.05) is 20.8 Å². The van der Waals surface area contributed by atoms with Crippen LogP contribution >= 0.6 is 0 Å². The molecule has 1 aromatic rings. The maximum absolute atomic E-state index is 11.0. The second-order valence-corrected chi connectivity index (χ2v) is 5.23. The Hall–Kier alpha value is -2.12. The van der Waals surface area contributed by atoms with E-state index in [2.05, 4.69) is 5.10 Å². The number of carboxylic acid groups (broad SMARTS) is 1. The van der Waals surface area contributed by atoms with Crippen LogP contribution in [0.15, 0.2) is 0 Å². The summed E-state index contributed by atoms with van der Waals surface area (Å²) in [4.78, 5) is 20.9. The van der Waals surface area contributed by atoms with E-state index in [1.807, 2.05) is 20.8 Å². The van der Waals surface area contributed by atoms with Gasteiger partial charge in [0.1, 0.15) is 12.2 Å². The molecule has 0 aliphatic heterocycles. The van der Waals surface area contributed by atoms with Crippen LogP contribution in [0.25, 0.3) is 0 Å². The lowest BCUT2D eigenvalue weighted by molar-refractivity contribution is -0.384. The largest absolute Gasteiger partial charge is 0.480 e. The zero-order valence-electron chi connectivity index (χ0n) is 10.5. The summed E-state index contributed by atoms with van der Waals surface area (Å²) in [7, 11) is 0. The van der Waals surface area contributed by atoms with E-state index < -0.39 is 17.4 Å². The van der Waals surface area contributed by atoms with Gasteiger partial charge in [-0.15, -0.1) is 0 Å². The maximum atomic E-state index is 11.0. The topological polar surface area (TPSA) is 124 Å². The SMILES string of the molecule is CC(C)(C)Cc1nn(CC(=O)O)c(N)c1[N+](=O)[O-]. The van der Waals surface area contributed by atoms with Gasteiger partial charge in [0, 0.05) is 6.42 Å². The van der Waals surface area contributed by atoms with Crippen LogP contribution in [0.1, 0.15) is 26.5 Å². The average Bonchev–Trinajstić information content (AvgIpc) is 2.38. The van der Waals surface area contributed by atoms with E-state index in [0.29, 0.717) is 6.42 Å². The van der Waals surface area contributed by atoms with E-state index in [0.717, 1.165) is 4.68 Å². The highest BCUT2D eigenvalue weighted by atomic mass is 16.6. The van der Waals surface area contributed by atoms with Crippen LogP contribution in [0.2, 0.25) is 0 Å². The van der Waals surface area contributed by atoms with Gasteiger partial charge in [0.15, 0.2) is 0 Å². The smallest absolute Gasteiger partial charge is 0.333 e. The van der Waals surface area contributed by atoms with Gasteiger partial charge in [0.2, 0.25) is 5.82 Å². The van der Waals surface area contributed by atoms with Gasteiger partial charge in [-0.25, -0.2) is 4.68 Å². The predicted octanol–water partition coefficient (Wildman–Crippen LogP) is 1.05. The Labute approximate surface area is 104 Å². The molecular weight excluding hydrogens is 240 g/mol. The number of carboxylic acids is 1. The number of anilines is 1. The van der Waals surface area contributed by atoms with Gasteiger partial charge in [-0.2, -0.15) is 5.10 Å². The molecule has 0 aliphatic rings. The molecule has 0 aliphatic carbocycles. The van der Waals surface area contributed by atoms with Crippen molar-refractivity contribution in [3.05, 3.63) is 15.8 Å². The van der Waals surface area contributed by atoms with E-state index in [-0.39, 0.29) is 22.6 Å². The third kappa shape index (κ3) is 3.19. The Morgan fingerprint density at radius 3 is 2.50 bits per heavy atom. The summed E-state index contributed by atoms with van der Waals surface area (Å²) in [6.07, 6.45) is 0.347. The Morgan fingerprint density at radius 1 is 1.56 bits per heavy atom. The number of hydrogen-bond donors (Lipinski definition) is 2. The summed E-state index contributed by atoms with van der Waals surface area (Å²) in [5.41, 5.74) is 5.27. The van der Waals surface area contributed by atoms with Crippen molar-refractivity contribution in [3.8, 4) is 0 Å². The van der Waals surface area contributed by atoms with Crippen molar-refractivity contribution in [2.75, 3.05) is 5.73 Å². The Kier molecular flexibility index (Phi) is 3.59. The highest BCUT2D eigenvalue weighted by molar-refractivity contribution is 5.68. The monoisotopic (exact) mass is 256 g/mol. The van der Waals surface area contributed by atoms with E-state index >= 15 is 0 Å². The summed E-state index contributed by atoms with van der Waals surface area (Å²) in [6.45, 7) is 5.23. The number of nitrogen functional groups attached to an aromatic ring is 1. The molecule has 0 unspecified atom stereocenters. The van der Waals surface area contributed by atoms with Crippen LogP contribution in [-0.4, -0.2) is 25.8 Å². The first-order chi connectivity index (χ1) is 8.11. The molecule has 8 heteroatoms. The van der Waals surface area contributed by atoms with Crippen molar-refractivity contribution in [2.45, 2.75) is 33.7 Å². The summed E-state index contributed by atoms with van der Waals surface area (Å²) < 4.78 is 0.946. The minimum Gasteiger partial charge on any atom is -0.480 e. The Bertz CT molecular complexity index is 487. The van der Waals surface area contributed by atoms with Crippen LogP contribution in [0.4, 0.5) is 11.5 Å². The summed E-state index contributed by atoms with van der Waals surface area (Å²) in [5, 5.41) is 23.6. The molecule has 18 heavy (non-hydrogen) atoms. The molecule has 0 radical (unpaired) electrons. The number of nitrogens with two attached hydrogens (primary N) is 1. The number of rotatable bonds is 4. The number of carbonyl (C=O) groups is 1. The quantitative estimate of drug-likeness (QED) is 0.612. The number of nitro groups is 1. The molecule has 0 aromatic carbocycles. The summed E-state index contributed by atoms with van der Waals surface area (Å²) in [6, 6.07) is 0. The van der Waals surface area contributed by atoms with Crippen LogP contribution in [-0.2, 0) is 17.8 Å². The molecule has 1 aromatic heterocycles. The third-order valence-corrected chi connectivity index (χ3v) is 2.20. The number of aliphatic carboxylic acids is 1. The molecule has 100 valence electrons. The lowest BCUT2D eigenvalue weighted by Gasteiger charge is -2.15. The highest BCUT2D eigenvalue weighted by Crippen LogP contribution is 2.31. The van der Waals surface area contributed by atoms with Crippen molar-refractivity contribution >= 4 is 17.5 Å². The lowest BCUT2D eigenvalue weighted by atomic mass is 9.90. The predicted molar refractivity (Wildman–Crippen MR) is 64.1 cm³/mol. The number of hydrogen-bond acceptors (Lipinski definition) is 5. The normalized spacial score (nSPS) is 11.5. The zero-order chi connectivity index (χ0) is 14.1. The fourth-order valence-corrected chi connectivity index (χ4v) is 1.59. The van der Waals surface area contributed by atoms with Crippen molar-refractivity contribution in [2.24, 2.45) is 5.41 Å². The highest BCUT2D eigenvalue weighted by Gasteiger charge is 2.29. The standard InChI is InChI=1S/C10H16N4O4/c1-10(2,3)4-6-8(14(17)18)9(11)13(12-6)5-7(15)16/h4-5,11H2,1-3H3,(H,15,16). The first-order valence-electron chi connectivity index (χ1n) is 5.33. The van der Waals surface area contributed by atoms with Crippen molar-refractivity contribution in [3.63, 3.8) is 0 Å². The number of aromatic nitrogens is 2. The van der Waals surface area contributed by atoms with Crippen LogP contribution in [0.5, 0.6) is 0 Å². The van der Waals surface area contributed by atoms with Crippen molar-refractivity contribution < 1.29 is 14.8 Å². The molecule has 0 spiro atoms. The molecule has 0 atom stereocenters. The fourth-order valence-electron chi connectivity index (χ4n) is 1.59. The van der Waals surface area contributed by atoms with Gasteiger partial charge >= 0.3 is 11.7 Å². The van der Waals surface area contributed by atoms with E-state index in [1.54, 1.807) is 0 Å². The molecule has 8 nitrogen and oxygen atoms in total. The number of nitrogens with zero attached hydrogens (tertiary/aromatic N) is 3. The summed E-state index contributed by atoms with van der Waals surface area (Å²) in [5.74, 6) is -1.37.